The number of para-hydroxylation sites is 1. The number of fused-ring (bicyclic) bond motifs is 1. The maximum atomic E-state index is 11.3. The molecule has 1 N–H and O–H groups in total. The van der Waals surface area contributed by atoms with Gasteiger partial charge in [-0.3, -0.25) is 4.21 Å². The zero-order chi connectivity index (χ0) is 12.3. The molecule has 92 valence electrons. The molecule has 0 amide bonds. The molecule has 2 rings (SSSR count). The summed E-state index contributed by atoms with van der Waals surface area (Å²) in [5.74, 6) is 1.44. The molecule has 2 aromatic rings. The molecule has 0 aliphatic carbocycles. The second-order valence-corrected chi connectivity index (χ2v) is 5.52. The van der Waals surface area contributed by atoms with E-state index in [9.17, 15) is 4.21 Å². The first-order valence-electron chi connectivity index (χ1n) is 5.72. The Kier molecular flexibility index (Phi) is 3.97. The van der Waals surface area contributed by atoms with E-state index in [1.165, 1.54) is 0 Å². The highest BCUT2D eigenvalue weighted by Crippen LogP contribution is 2.24. The van der Waals surface area contributed by atoms with Crippen LogP contribution in [-0.4, -0.2) is 22.8 Å². The van der Waals surface area contributed by atoms with Crippen molar-refractivity contribution in [3.8, 4) is 0 Å². The molecule has 0 saturated heterocycles. The molecule has 17 heavy (non-hydrogen) atoms. The maximum absolute atomic E-state index is 11.3. The average Bonchev–Trinajstić information content (AvgIpc) is 2.71. The lowest BCUT2D eigenvalue weighted by molar-refractivity contribution is 0.461. The van der Waals surface area contributed by atoms with E-state index in [0.29, 0.717) is 5.75 Å². The van der Waals surface area contributed by atoms with Gasteiger partial charge >= 0.3 is 0 Å². The van der Waals surface area contributed by atoms with Crippen LogP contribution < -0.4 is 5.32 Å². The molecule has 3 nitrogen and oxygen atoms in total. The van der Waals surface area contributed by atoms with E-state index in [1.54, 1.807) is 6.26 Å². The predicted octanol–water partition coefficient (Wildman–Crippen LogP) is 2.46. The number of rotatable bonds is 5. The monoisotopic (exact) mass is 251 g/mol. The highest BCUT2D eigenvalue weighted by atomic mass is 32.2. The number of hydrogen-bond acceptors (Lipinski definition) is 3. The van der Waals surface area contributed by atoms with Gasteiger partial charge in [0.15, 0.2) is 0 Å². The molecule has 0 spiro atoms. The fraction of sp³-hybridized carbons (Fsp3) is 0.385. The molecule has 1 aromatic heterocycles. The van der Waals surface area contributed by atoms with E-state index >= 15 is 0 Å². The van der Waals surface area contributed by atoms with E-state index in [1.807, 2.05) is 37.3 Å². The van der Waals surface area contributed by atoms with Crippen molar-refractivity contribution in [3.63, 3.8) is 0 Å². The van der Waals surface area contributed by atoms with Crippen LogP contribution in [0.1, 0.15) is 18.7 Å². The molecule has 0 bridgehead atoms. The summed E-state index contributed by atoms with van der Waals surface area (Å²) < 4.78 is 17.1. The summed E-state index contributed by atoms with van der Waals surface area (Å²) in [7, 11) is -0.842. The van der Waals surface area contributed by atoms with Crippen molar-refractivity contribution in [2.45, 2.75) is 13.0 Å². The van der Waals surface area contributed by atoms with Gasteiger partial charge in [-0.2, -0.15) is 0 Å². The van der Waals surface area contributed by atoms with E-state index < -0.39 is 10.8 Å². The minimum atomic E-state index is -0.842. The summed E-state index contributed by atoms with van der Waals surface area (Å²) in [6.07, 6.45) is 1.72. The minimum absolute atomic E-state index is 0.0261. The quantitative estimate of drug-likeness (QED) is 0.887. The van der Waals surface area contributed by atoms with Crippen molar-refractivity contribution < 1.29 is 8.63 Å². The van der Waals surface area contributed by atoms with Gasteiger partial charge in [0.05, 0.1) is 6.04 Å². The summed E-state index contributed by atoms with van der Waals surface area (Å²) in [6.45, 7) is 2.87. The highest BCUT2D eigenvalue weighted by molar-refractivity contribution is 7.84. The van der Waals surface area contributed by atoms with Crippen LogP contribution >= 0.6 is 0 Å². The third-order valence-corrected chi connectivity index (χ3v) is 3.44. The molecule has 0 radical (unpaired) electrons. The Labute approximate surface area is 104 Å². The first-order chi connectivity index (χ1) is 8.20. The predicted molar refractivity (Wildman–Crippen MR) is 71.6 cm³/mol. The minimum Gasteiger partial charge on any atom is -0.459 e. The molecular formula is C13H17NO2S. The molecule has 2 atom stereocenters. The number of hydrogen-bond donors (Lipinski definition) is 1. The van der Waals surface area contributed by atoms with E-state index in [0.717, 1.165) is 23.3 Å². The van der Waals surface area contributed by atoms with Crippen LogP contribution in [0.4, 0.5) is 0 Å². The summed E-state index contributed by atoms with van der Waals surface area (Å²) in [5, 5.41) is 4.39. The zero-order valence-corrected chi connectivity index (χ0v) is 10.9. The van der Waals surface area contributed by atoms with Crippen molar-refractivity contribution in [1.82, 2.24) is 5.32 Å². The molecule has 1 heterocycles. The molecule has 0 aliphatic heterocycles. The zero-order valence-electron chi connectivity index (χ0n) is 10.1. The van der Waals surface area contributed by atoms with Gasteiger partial charge in [-0.15, -0.1) is 0 Å². The summed E-state index contributed by atoms with van der Waals surface area (Å²) >= 11 is 0. The Balaban J connectivity index is 2.31. The Bertz CT molecular complexity index is 488. The molecule has 0 fully saturated rings. The van der Waals surface area contributed by atoms with Gasteiger partial charge in [0, 0.05) is 28.2 Å². The van der Waals surface area contributed by atoms with Crippen LogP contribution in [0.5, 0.6) is 0 Å². The van der Waals surface area contributed by atoms with Crippen LogP contribution in [-0.2, 0) is 10.8 Å². The highest BCUT2D eigenvalue weighted by Gasteiger charge is 2.16. The molecule has 0 aliphatic rings. The largest absolute Gasteiger partial charge is 0.459 e. The summed E-state index contributed by atoms with van der Waals surface area (Å²) in [4.78, 5) is 0. The van der Waals surface area contributed by atoms with Gasteiger partial charge in [-0.05, 0) is 18.7 Å². The number of furan rings is 1. The van der Waals surface area contributed by atoms with Crippen molar-refractivity contribution in [2.75, 3.05) is 18.6 Å². The topological polar surface area (TPSA) is 42.2 Å². The van der Waals surface area contributed by atoms with Crippen LogP contribution in [0.2, 0.25) is 0 Å². The second kappa shape index (κ2) is 5.47. The maximum Gasteiger partial charge on any atom is 0.134 e. The molecule has 4 heteroatoms. The average molecular weight is 251 g/mol. The van der Waals surface area contributed by atoms with Crippen molar-refractivity contribution >= 4 is 21.8 Å². The molecular weight excluding hydrogens is 234 g/mol. The first-order valence-corrected chi connectivity index (χ1v) is 7.45. The first kappa shape index (κ1) is 12.3. The smallest absolute Gasteiger partial charge is 0.134 e. The van der Waals surface area contributed by atoms with Crippen LogP contribution in [0, 0.1) is 0 Å². The number of benzene rings is 1. The van der Waals surface area contributed by atoms with Crippen LogP contribution in [0.25, 0.3) is 11.0 Å². The van der Waals surface area contributed by atoms with Gasteiger partial charge < -0.3 is 9.73 Å². The Morgan fingerprint density at radius 2 is 2.18 bits per heavy atom. The van der Waals surface area contributed by atoms with Gasteiger partial charge in [0.1, 0.15) is 11.3 Å². The lowest BCUT2D eigenvalue weighted by Crippen LogP contribution is -2.25. The van der Waals surface area contributed by atoms with Crippen molar-refractivity contribution in [1.29, 1.82) is 0 Å². The second-order valence-electron chi connectivity index (χ2n) is 4.04. The van der Waals surface area contributed by atoms with Gasteiger partial charge in [0.2, 0.25) is 0 Å². The number of nitrogens with one attached hydrogen (secondary N) is 1. The fourth-order valence-electron chi connectivity index (χ4n) is 1.90. The third-order valence-electron chi connectivity index (χ3n) is 2.64. The Morgan fingerprint density at radius 1 is 1.41 bits per heavy atom. The normalized spacial score (nSPS) is 14.9. The lowest BCUT2D eigenvalue weighted by atomic mass is 10.2. The molecule has 1 aromatic carbocycles. The van der Waals surface area contributed by atoms with Gasteiger partial charge in [-0.25, -0.2) is 0 Å². The SMILES string of the molecule is CCNC(CS(C)=O)c1cc2ccccc2o1. The Morgan fingerprint density at radius 3 is 2.82 bits per heavy atom. The van der Waals surface area contributed by atoms with Crippen LogP contribution in [0.3, 0.4) is 0 Å². The van der Waals surface area contributed by atoms with Gasteiger partial charge in [0.25, 0.3) is 0 Å². The third kappa shape index (κ3) is 2.96. The van der Waals surface area contributed by atoms with Gasteiger partial charge in [-0.1, -0.05) is 25.1 Å². The van der Waals surface area contributed by atoms with Crippen molar-refractivity contribution in [3.05, 3.63) is 36.1 Å². The van der Waals surface area contributed by atoms with E-state index in [4.69, 9.17) is 4.42 Å². The molecule has 2 unspecified atom stereocenters. The molecule has 0 saturated carbocycles. The summed E-state index contributed by atoms with van der Waals surface area (Å²) in [5.41, 5.74) is 0.882. The fourth-order valence-corrected chi connectivity index (χ4v) is 2.65. The summed E-state index contributed by atoms with van der Waals surface area (Å²) in [6, 6.07) is 9.96. The lowest BCUT2D eigenvalue weighted by Gasteiger charge is -2.13. The van der Waals surface area contributed by atoms with E-state index in [2.05, 4.69) is 5.32 Å². The standard InChI is InChI=1S/C13H17NO2S/c1-3-14-11(9-17(2)15)13-8-10-6-4-5-7-12(10)16-13/h4-8,11,14H,3,9H2,1-2H3. The van der Waals surface area contributed by atoms with E-state index in [-0.39, 0.29) is 6.04 Å². The van der Waals surface area contributed by atoms with Crippen LogP contribution in [0.15, 0.2) is 34.7 Å². The van der Waals surface area contributed by atoms with Crippen molar-refractivity contribution in [2.24, 2.45) is 0 Å². The Hall–Kier alpha value is -1.13.